The molecule has 1 amide bonds. The van der Waals surface area contributed by atoms with Crippen LogP contribution in [0.3, 0.4) is 0 Å². The van der Waals surface area contributed by atoms with Gasteiger partial charge in [-0.25, -0.2) is 4.79 Å². The number of carboxylic acids is 1. The molecule has 5 heteroatoms. The second-order valence-corrected chi connectivity index (χ2v) is 9.45. The van der Waals surface area contributed by atoms with Crippen LogP contribution in [0.4, 0.5) is 0 Å². The van der Waals surface area contributed by atoms with E-state index in [0.29, 0.717) is 13.0 Å². The van der Waals surface area contributed by atoms with Crippen molar-refractivity contribution in [3.8, 4) is 0 Å². The molecule has 152 valence electrons. The zero-order valence-corrected chi connectivity index (χ0v) is 17.3. The van der Waals surface area contributed by atoms with Crippen LogP contribution >= 0.6 is 0 Å². The van der Waals surface area contributed by atoms with Crippen molar-refractivity contribution < 1.29 is 14.7 Å². The summed E-state index contributed by atoms with van der Waals surface area (Å²) in [4.78, 5) is 28.6. The molecule has 0 radical (unpaired) electrons. The molecule has 1 saturated carbocycles. The number of nitrogens with zero attached hydrogens (tertiary/aromatic N) is 2. The van der Waals surface area contributed by atoms with Gasteiger partial charge in [0.1, 0.15) is 6.04 Å². The second-order valence-electron chi connectivity index (χ2n) is 9.45. The molecule has 0 unspecified atom stereocenters. The monoisotopic (exact) mass is 384 g/mol. The van der Waals surface area contributed by atoms with Crippen LogP contribution < -0.4 is 0 Å². The van der Waals surface area contributed by atoms with Crippen molar-refractivity contribution in [3.05, 3.63) is 34.4 Å². The predicted molar refractivity (Wildman–Crippen MR) is 108 cm³/mol. The van der Waals surface area contributed by atoms with E-state index in [1.54, 1.807) is 4.90 Å². The zero-order valence-electron chi connectivity index (χ0n) is 17.3. The molecule has 1 spiro atoms. The molecule has 2 aliphatic heterocycles. The minimum atomic E-state index is -0.834. The summed E-state index contributed by atoms with van der Waals surface area (Å²) in [6.45, 7) is 10.1. The lowest BCUT2D eigenvalue weighted by Crippen LogP contribution is -2.43. The average Bonchev–Trinajstić information content (AvgIpc) is 3.41. The van der Waals surface area contributed by atoms with Crippen LogP contribution in [0, 0.1) is 32.1 Å². The van der Waals surface area contributed by atoms with Gasteiger partial charge in [-0.1, -0.05) is 17.7 Å². The summed E-state index contributed by atoms with van der Waals surface area (Å²) < 4.78 is 0. The highest BCUT2D eigenvalue weighted by Crippen LogP contribution is 2.45. The van der Waals surface area contributed by atoms with E-state index in [0.717, 1.165) is 45.3 Å². The summed E-state index contributed by atoms with van der Waals surface area (Å²) in [5.74, 6) is -0.665. The molecule has 0 aromatic heterocycles. The molecule has 0 bridgehead atoms. The molecule has 1 aliphatic carbocycles. The zero-order chi connectivity index (χ0) is 20.1. The van der Waals surface area contributed by atoms with Crippen molar-refractivity contribution in [2.75, 3.05) is 19.6 Å². The second kappa shape index (κ2) is 7.18. The number of carbonyl (C=O) groups is 2. The van der Waals surface area contributed by atoms with Crippen LogP contribution in [0.1, 0.15) is 54.4 Å². The summed E-state index contributed by atoms with van der Waals surface area (Å²) in [5, 5.41) is 9.67. The minimum Gasteiger partial charge on any atom is -0.480 e. The Morgan fingerprint density at radius 1 is 1.11 bits per heavy atom. The van der Waals surface area contributed by atoms with E-state index in [2.05, 4.69) is 37.8 Å². The summed E-state index contributed by atoms with van der Waals surface area (Å²) in [6.07, 6.45) is 4.44. The normalized spacial score (nSPS) is 24.7. The van der Waals surface area contributed by atoms with Gasteiger partial charge in [0.05, 0.1) is 0 Å². The van der Waals surface area contributed by atoms with Crippen molar-refractivity contribution >= 4 is 11.9 Å². The van der Waals surface area contributed by atoms with Gasteiger partial charge in [0, 0.05) is 19.0 Å². The number of likely N-dealkylation sites (tertiary alicyclic amines) is 2. The van der Waals surface area contributed by atoms with E-state index in [-0.39, 0.29) is 17.2 Å². The Kier molecular flexibility index (Phi) is 4.98. The lowest BCUT2D eigenvalue weighted by molar-refractivity contribution is -0.148. The van der Waals surface area contributed by atoms with Crippen molar-refractivity contribution in [1.29, 1.82) is 0 Å². The van der Waals surface area contributed by atoms with E-state index < -0.39 is 12.0 Å². The predicted octanol–water partition coefficient (Wildman–Crippen LogP) is 3.29. The molecular formula is C23H32N2O3. The lowest BCUT2D eigenvalue weighted by Gasteiger charge is -2.39. The minimum absolute atomic E-state index is 0.0124. The smallest absolute Gasteiger partial charge is 0.326 e. The third-order valence-corrected chi connectivity index (χ3v) is 7.14. The van der Waals surface area contributed by atoms with Crippen LogP contribution in [-0.4, -0.2) is 52.5 Å². The summed E-state index contributed by atoms with van der Waals surface area (Å²) in [7, 11) is 0. The standard InChI is InChI=1S/C23H32N2O3/c1-15-10-16(2)19(17(3)11-15)13-24-8-6-23(7-9-24)12-20(22(27)28)25(14-23)21(26)18-4-5-18/h10-11,18,20H,4-9,12-14H2,1-3H3,(H,27,28)/t20-/m0/s1. The van der Waals surface area contributed by atoms with Crippen LogP contribution in [0.15, 0.2) is 12.1 Å². The molecule has 2 heterocycles. The number of benzene rings is 1. The quantitative estimate of drug-likeness (QED) is 0.865. The van der Waals surface area contributed by atoms with Crippen molar-refractivity contribution in [2.45, 2.75) is 65.5 Å². The highest BCUT2D eigenvalue weighted by Gasteiger charge is 2.51. The average molecular weight is 385 g/mol. The number of piperidine rings is 1. The largest absolute Gasteiger partial charge is 0.480 e. The fraction of sp³-hybridized carbons (Fsp3) is 0.652. The number of rotatable bonds is 4. The first-order valence-corrected chi connectivity index (χ1v) is 10.6. The Hall–Kier alpha value is -1.88. The van der Waals surface area contributed by atoms with E-state index >= 15 is 0 Å². The number of aryl methyl sites for hydroxylation is 3. The van der Waals surface area contributed by atoms with Crippen LogP contribution in [-0.2, 0) is 16.1 Å². The Morgan fingerprint density at radius 2 is 1.71 bits per heavy atom. The summed E-state index contributed by atoms with van der Waals surface area (Å²) in [6, 6.07) is 3.88. The summed E-state index contributed by atoms with van der Waals surface area (Å²) >= 11 is 0. The van der Waals surface area contributed by atoms with Gasteiger partial charge in [0.25, 0.3) is 0 Å². The Balaban J connectivity index is 1.42. The molecule has 28 heavy (non-hydrogen) atoms. The number of hydrogen-bond donors (Lipinski definition) is 1. The number of carbonyl (C=O) groups excluding carboxylic acids is 1. The first kappa shape index (κ1) is 19.4. The van der Waals surface area contributed by atoms with E-state index in [4.69, 9.17) is 0 Å². The number of amides is 1. The lowest BCUT2D eigenvalue weighted by atomic mass is 9.76. The van der Waals surface area contributed by atoms with E-state index in [9.17, 15) is 14.7 Å². The molecule has 1 aromatic carbocycles. The van der Waals surface area contributed by atoms with E-state index in [1.165, 1.54) is 22.3 Å². The maximum atomic E-state index is 12.6. The molecule has 4 rings (SSSR count). The van der Waals surface area contributed by atoms with Crippen LogP contribution in [0.25, 0.3) is 0 Å². The maximum Gasteiger partial charge on any atom is 0.326 e. The molecule has 3 aliphatic rings. The summed E-state index contributed by atoms with van der Waals surface area (Å²) in [5.41, 5.74) is 5.42. The van der Waals surface area contributed by atoms with Crippen molar-refractivity contribution in [1.82, 2.24) is 9.80 Å². The molecule has 3 fully saturated rings. The van der Waals surface area contributed by atoms with Gasteiger partial charge in [-0.05, 0) is 88.1 Å². The van der Waals surface area contributed by atoms with Gasteiger partial charge < -0.3 is 10.0 Å². The fourth-order valence-corrected chi connectivity index (χ4v) is 5.30. The number of carboxylic acid groups (broad SMARTS) is 1. The molecule has 1 aromatic rings. The molecule has 2 saturated heterocycles. The number of hydrogen-bond acceptors (Lipinski definition) is 3. The van der Waals surface area contributed by atoms with Crippen molar-refractivity contribution in [2.24, 2.45) is 11.3 Å². The Bertz CT molecular complexity index is 768. The van der Waals surface area contributed by atoms with Crippen LogP contribution in [0.2, 0.25) is 0 Å². The van der Waals surface area contributed by atoms with Gasteiger partial charge in [-0.15, -0.1) is 0 Å². The van der Waals surface area contributed by atoms with Gasteiger partial charge in [-0.3, -0.25) is 9.69 Å². The molecule has 1 N–H and O–H groups in total. The van der Waals surface area contributed by atoms with Gasteiger partial charge in [-0.2, -0.15) is 0 Å². The highest BCUT2D eigenvalue weighted by atomic mass is 16.4. The fourth-order valence-electron chi connectivity index (χ4n) is 5.30. The Labute approximate surface area is 167 Å². The van der Waals surface area contributed by atoms with Crippen LogP contribution in [0.5, 0.6) is 0 Å². The van der Waals surface area contributed by atoms with Gasteiger partial charge in [0.2, 0.25) is 5.91 Å². The van der Waals surface area contributed by atoms with Gasteiger partial charge in [0.15, 0.2) is 0 Å². The first-order valence-electron chi connectivity index (χ1n) is 10.6. The first-order chi connectivity index (χ1) is 13.3. The van der Waals surface area contributed by atoms with E-state index in [1.807, 2.05) is 0 Å². The maximum absolute atomic E-state index is 12.6. The topological polar surface area (TPSA) is 60.9 Å². The molecule has 1 atom stereocenters. The third kappa shape index (κ3) is 3.69. The van der Waals surface area contributed by atoms with Gasteiger partial charge >= 0.3 is 5.97 Å². The Morgan fingerprint density at radius 3 is 2.25 bits per heavy atom. The highest BCUT2D eigenvalue weighted by molar-refractivity contribution is 5.87. The van der Waals surface area contributed by atoms with Crippen molar-refractivity contribution in [3.63, 3.8) is 0 Å². The molecular weight excluding hydrogens is 352 g/mol. The molecule has 5 nitrogen and oxygen atoms in total. The third-order valence-electron chi connectivity index (χ3n) is 7.14. The SMILES string of the molecule is Cc1cc(C)c(CN2CCC3(CC2)C[C@@H](C(=O)O)N(C(=O)C2CC2)C3)c(C)c1. The number of aliphatic carboxylic acids is 1.